The number of hydrogen-bond donors (Lipinski definition) is 2. The van der Waals surface area contributed by atoms with Crippen LogP contribution in [0.3, 0.4) is 0 Å². The van der Waals surface area contributed by atoms with Gasteiger partial charge in [0, 0.05) is 23.9 Å². The van der Waals surface area contributed by atoms with Crippen molar-refractivity contribution < 1.29 is 14.3 Å². The van der Waals surface area contributed by atoms with Gasteiger partial charge in [0.05, 0.1) is 18.5 Å². The largest absolute Gasteiger partial charge is 0.497 e. The van der Waals surface area contributed by atoms with Gasteiger partial charge < -0.3 is 20.3 Å². The zero-order valence-corrected chi connectivity index (χ0v) is 23.1. The molecule has 0 saturated heterocycles. The highest BCUT2D eigenvalue weighted by molar-refractivity contribution is 5.99. The first-order valence-corrected chi connectivity index (χ1v) is 13.0. The Hall–Kier alpha value is -4.59. The fraction of sp³-hybridized carbons (Fsp3) is 0.258. The lowest BCUT2D eigenvalue weighted by atomic mass is 10.1. The van der Waals surface area contributed by atoms with Crippen LogP contribution in [0.2, 0.25) is 0 Å². The van der Waals surface area contributed by atoms with E-state index in [2.05, 4.69) is 10.6 Å². The van der Waals surface area contributed by atoms with Crippen LogP contribution in [0.1, 0.15) is 25.1 Å². The second-order valence-electron chi connectivity index (χ2n) is 9.91. The standard InChI is InChI=1S/C31H35N5O3/c1-21(2)19-35(31(38)32-25-12-9-13-27(18-25)39-5)20-28(37)33-30-29(24-10-7-6-8-11-24)23(4)34-36(30)26-16-14-22(3)15-17-26/h6-18,21H,19-20H2,1-5H3,(H,32,38)(H,33,37). The molecule has 3 amide bonds. The van der Waals surface area contributed by atoms with Crippen molar-refractivity contribution in [2.75, 3.05) is 30.8 Å². The molecule has 0 fully saturated rings. The van der Waals surface area contributed by atoms with Crippen molar-refractivity contribution in [1.82, 2.24) is 14.7 Å². The number of carbonyl (C=O) groups is 2. The highest BCUT2D eigenvalue weighted by Crippen LogP contribution is 2.33. The molecule has 0 saturated carbocycles. The van der Waals surface area contributed by atoms with Crippen LogP contribution in [0.4, 0.5) is 16.3 Å². The topological polar surface area (TPSA) is 88.5 Å². The minimum Gasteiger partial charge on any atom is -0.497 e. The molecular formula is C31H35N5O3. The molecule has 0 aliphatic rings. The molecule has 4 aromatic rings. The van der Waals surface area contributed by atoms with Crippen molar-refractivity contribution in [2.24, 2.45) is 5.92 Å². The lowest BCUT2D eigenvalue weighted by Crippen LogP contribution is -2.42. The number of nitrogens with zero attached hydrogens (tertiary/aromatic N) is 3. The Balaban J connectivity index is 1.62. The number of aromatic nitrogens is 2. The fourth-order valence-corrected chi connectivity index (χ4v) is 4.37. The number of nitrogens with one attached hydrogen (secondary N) is 2. The maximum Gasteiger partial charge on any atom is 0.322 e. The molecule has 0 aliphatic heterocycles. The molecule has 0 bridgehead atoms. The van der Waals surface area contributed by atoms with Crippen molar-refractivity contribution in [2.45, 2.75) is 27.7 Å². The SMILES string of the molecule is COc1cccc(NC(=O)N(CC(=O)Nc2c(-c3ccccc3)c(C)nn2-c2ccc(C)cc2)CC(C)C)c1. The molecule has 0 radical (unpaired) electrons. The Morgan fingerprint density at radius 2 is 1.67 bits per heavy atom. The monoisotopic (exact) mass is 525 g/mol. The molecule has 202 valence electrons. The van der Waals surface area contributed by atoms with E-state index >= 15 is 0 Å². The summed E-state index contributed by atoms with van der Waals surface area (Å²) in [7, 11) is 1.57. The summed E-state index contributed by atoms with van der Waals surface area (Å²) in [5.41, 5.74) is 5.11. The van der Waals surface area contributed by atoms with E-state index < -0.39 is 0 Å². The molecule has 8 nitrogen and oxygen atoms in total. The number of anilines is 2. The minimum absolute atomic E-state index is 0.125. The van der Waals surface area contributed by atoms with E-state index in [1.807, 2.05) is 82.3 Å². The molecule has 0 unspecified atom stereocenters. The Morgan fingerprint density at radius 1 is 0.949 bits per heavy atom. The van der Waals surface area contributed by atoms with Crippen LogP contribution >= 0.6 is 0 Å². The Morgan fingerprint density at radius 3 is 2.33 bits per heavy atom. The van der Waals surface area contributed by atoms with Crippen LogP contribution in [0.25, 0.3) is 16.8 Å². The Kier molecular flexibility index (Phi) is 8.66. The van der Waals surface area contributed by atoms with Crippen molar-refractivity contribution in [3.63, 3.8) is 0 Å². The number of aryl methyl sites for hydroxylation is 2. The lowest BCUT2D eigenvalue weighted by molar-refractivity contribution is -0.116. The van der Waals surface area contributed by atoms with Gasteiger partial charge in [-0.15, -0.1) is 0 Å². The Bertz CT molecular complexity index is 1430. The average Bonchev–Trinajstić information content (AvgIpc) is 3.24. The van der Waals surface area contributed by atoms with Gasteiger partial charge in [0.2, 0.25) is 5.91 Å². The number of benzene rings is 3. The summed E-state index contributed by atoms with van der Waals surface area (Å²) in [6.07, 6.45) is 0. The minimum atomic E-state index is -0.362. The van der Waals surface area contributed by atoms with Gasteiger partial charge in [-0.05, 0) is 49.6 Å². The number of methoxy groups -OCH3 is 1. The van der Waals surface area contributed by atoms with E-state index in [-0.39, 0.29) is 24.4 Å². The third kappa shape index (κ3) is 6.84. The number of hydrogen-bond acceptors (Lipinski definition) is 4. The first-order valence-electron chi connectivity index (χ1n) is 13.0. The molecule has 0 spiro atoms. The average molecular weight is 526 g/mol. The van der Waals surface area contributed by atoms with Crippen LogP contribution in [0.5, 0.6) is 5.75 Å². The molecular weight excluding hydrogens is 490 g/mol. The van der Waals surface area contributed by atoms with Gasteiger partial charge in [0.25, 0.3) is 0 Å². The van der Waals surface area contributed by atoms with Crippen LogP contribution < -0.4 is 15.4 Å². The summed E-state index contributed by atoms with van der Waals surface area (Å²) >= 11 is 0. The third-order valence-corrected chi connectivity index (χ3v) is 6.19. The highest BCUT2D eigenvalue weighted by Gasteiger charge is 2.23. The second-order valence-corrected chi connectivity index (χ2v) is 9.91. The van der Waals surface area contributed by atoms with Crippen molar-refractivity contribution in [3.8, 4) is 22.6 Å². The van der Waals surface area contributed by atoms with E-state index in [4.69, 9.17) is 9.84 Å². The van der Waals surface area contributed by atoms with E-state index in [0.717, 1.165) is 28.1 Å². The summed E-state index contributed by atoms with van der Waals surface area (Å²) < 4.78 is 7.01. The molecule has 0 aliphatic carbocycles. The second kappa shape index (κ2) is 12.3. The Labute approximate surface area is 229 Å². The van der Waals surface area contributed by atoms with Gasteiger partial charge in [0.15, 0.2) is 0 Å². The molecule has 0 atom stereocenters. The summed E-state index contributed by atoms with van der Waals surface area (Å²) in [6, 6.07) is 24.6. The zero-order valence-electron chi connectivity index (χ0n) is 23.1. The summed E-state index contributed by atoms with van der Waals surface area (Å²) in [5.74, 6) is 1.04. The number of carbonyl (C=O) groups excluding carboxylic acids is 2. The predicted octanol–water partition coefficient (Wildman–Crippen LogP) is 6.29. The van der Waals surface area contributed by atoms with Gasteiger partial charge in [-0.2, -0.15) is 5.10 Å². The molecule has 39 heavy (non-hydrogen) atoms. The fourth-order valence-electron chi connectivity index (χ4n) is 4.37. The van der Waals surface area contributed by atoms with Crippen LogP contribution in [-0.4, -0.2) is 46.8 Å². The van der Waals surface area contributed by atoms with Crippen LogP contribution in [-0.2, 0) is 4.79 Å². The third-order valence-electron chi connectivity index (χ3n) is 6.19. The number of amides is 3. The first-order chi connectivity index (χ1) is 18.7. The summed E-state index contributed by atoms with van der Waals surface area (Å²) in [4.78, 5) is 28.2. The lowest BCUT2D eigenvalue weighted by Gasteiger charge is -2.24. The first kappa shape index (κ1) is 27.4. The summed E-state index contributed by atoms with van der Waals surface area (Å²) in [5, 5.41) is 10.7. The molecule has 8 heteroatoms. The maximum atomic E-state index is 13.5. The maximum absolute atomic E-state index is 13.5. The molecule has 3 aromatic carbocycles. The smallest absolute Gasteiger partial charge is 0.322 e. The van der Waals surface area contributed by atoms with Gasteiger partial charge >= 0.3 is 6.03 Å². The van der Waals surface area contributed by atoms with Gasteiger partial charge in [-0.3, -0.25) is 4.79 Å². The van der Waals surface area contributed by atoms with E-state index in [1.165, 1.54) is 4.90 Å². The van der Waals surface area contributed by atoms with E-state index in [1.54, 1.807) is 36.1 Å². The predicted molar refractivity (Wildman–Crippen MR) is 156 cm³/mol. The molecule has 1 aromatic heterocycles. The van der Waals surface area contributed by atoms with Gasteiger partial charge in [0.1, 0.15) is 18.1 Å². The van der Waals surface area contributed by atoms with E-state index in [0.29, 0.717) is 23.8 Å². The van der Waals surface area contributed by atoms with Crippen molar-refractivity contribution >= 4 is 23.4 Å². The number of rotatable bonds is 9. The van der Waals surface area contributed by atoms with Crippen molar-refractivity contribution in [3.05, 3.63) is 90.1 Å². The number of ether oxygens (including phenoxy) is 1. The highest BCUT2D eigenvalue weighted by atomic mass is 16.5. The van der Waals surface area contributed by atoms with Gasteiger partial charge in [-0.25, -0.2) is 9.48 Å². The molecule has 1 heterocycles. The quantitative estimate of drug-likeness (QED) is 0.269. The van der Waals surface area contributed by atoms with E-state index in [9.17, 15) is 9.59 Å². The van der Waals surface area contributed by atoms with Crippen LogP contribution in [0, 0.1) is 19.8 Å². The molecule has 2 N–H and O–H groups in total. The summed E-state index contributed by atoms with van der Waals surface area (Å²) in [6.45, 7) is 8.25. The van der Waals surface area contributed by atoms with Crippen molar-refractivity contribution in [1.29, 1.82) is 0 Å². The van der Waals surface area contributed by atoms with Gasteiger partial charge in [-0.1, -0.05) is 67.9 Å². The van der Waals surface area contributed by atoms with Crippen LogP contribution in [0.15, 0.2) is 78.9 Å². The number of urea groups is 1. The normalized spacial score (nSPS) is 10.8. The molecule has 4 rings (SSSR count). The zero-order chi connectivity index (χ0) is 27.9.